The minimum absolute atomic E-state index is 0.218. The molecule has 0 bridgehead atoms. The fourth-order valence-corrected chi connectivity index (χ4v) is 3.78. The van der Waals surface area contributed by atoms with E-state index in [-0.39, 0.29) is 17.5 Å². The van der Waals surface area contributed by atoms with Gasteiger partial charge in [-0.1, -0.05) is 24.3 Å². The topological polar surface area (TPSA) is 81.8 Å². The number of hydrogen-bond donors (Lipinski definition) is 1. The number of nitrogens with zero attached hydrogens (tertiary/aromatic N) is 4. The van der Waals surface area contributed by atoms with Crippen LogP contribution < -0.4 is 10.9 Å². The fraction of sp³-hybridized carbons (Fsp3) is 0.304. The monoisotopic (exact) mass is 403 g/mol. The summed E-state index contributed by atoms with van der Waals surface area (Å²) in [4.78, 5) is 34.4. The Labute approximate surface area is 174 Å². The molecule has 0 saturated carbocycles. The van der Waals surface area contributed by atoms with Crippen LogP contribution >= 0.6 is 0 Å². The Kier molecular flexibility index (Phi) is 5.35. The zero-order valence-electron chi connectivity index (χ0n) is 17.4. The maximum Gasteiger partial charge on any atom is 0.261 e. The molecule has 2 aromatic heterocycles. The van der Waals surface area contributed by atoms with E-state index in [1.54, 1.807) is 25.1 Å². The molecular formula is C23H25N5O2. The number of benzene rings is 2. The summed E-state index contributed by atoms with van der Waals surface area (Å²) < 4.78 is 3.57. The molecule has 1 amide bonds. The van der Waals surface area contributed by atoms with Crippen LogP contribution in [0.5, 0.6) is 0 Å². The van der Waals surface area contributed by atoms with Crippen molar-refractivity contribution in [2.75, 3.05) is 6.54 Å². The smallest absolute Gasteiger partial charge is 0.261 e. The molecule has 1 atom stereocenters. The summed E-state index contributed by atoms with van der Waals surface area (Å²) in [5.41, 5.74) is 2.45. The SMILES string of the molecule is CC(C)n1c(CCNC(=O)[C@H](C)n2cnc3ccccc3c2=O)nc2ccccc21. The summed E-state index contributed by atoms with van der Waals surface area (Å²) in [6, 6.07) is 14.8. The third kappa shape index (κ3) is 3.58. The van der Waals surface area contributed by atoms with Gasteiger partial charge in [-0.15, -0.1) is 0 Å². The van der Waals surface area contributed by atoms with Crippen LogP contribution in [0.4, 0.5) is 0 Å². The molecule has 0 saturated heterocycles. The average molecular weight is 403 g/mol. The molecule has 0 aliphatic heterocycles. The molecule has 0 aliphatic rings. The molecule has 0 radical (unpaired) electrons. The van der Waals surface area contributed by atoms with Crippen LogP contribution in [0, 0.1) is 0 Å². The van der Waals surface area contributed by atoms with Crippen LogP contribution in [0.3, 0.4) is 0 Å². The predicted octanol–water partition coefficient (Wildman–Crippen LogP) is 3.25. The number of fused-ring (bicyclic) bond motifs is 2. The third-order valence-electron chi connectivity index (χ3n) is 5.32. The van der Waals surface area contributed by atoms with E-state index >= 15 is 0 Å². The Bertz CT molecular complexity index is 1270. The fourth-order valence-electron chi connectivity index (χ4n) is 3.78. The number of para-hydroxylation sites is 3. The summed E-state index contributed by atoms with van der Waals surface area (Å²) in [5, 5.41) is 3.44. The standard InChI is InChI=1S/C23H25N5O2/c1-15(2)28-20-11-7-6-10-19(20)26-21(28)12-13-24-22(29)16(3)27-14-25-18-9-5-4-8-17(18)23(27)30/h4-11,14-16H,12-13H2,1-3H3,(H,24,29)/t16-/m0/s1. The van der Waals surface area contributed by atoms with Crippen LogP contribution in [-0.2, 0) is 11.2 Å². The third-order valence-corrected chi connectivity index (χ3v) is 5.32. The lowest BCUT2D eigenvalue weighted by atomic mass is 10.2. The van der Waals surface area contributed by atoms with Gasteiger partial charge in [-0.25, -0.2) is 9.97 Å². The van der Waals surface area contributed by atoms with Gasteiger partial charge >= 0.3 is 0 Å². The minimum atomic E-state index is -0.654. The molecule has 30 heavy (non-hydrogen) atoms. The highest BCUT2D eigenvalue weighted by Crippen LogP contribution is 2.21. The molecule has 0 spiro atoms. The van der Waals surface area contributed by atoms with Crippen molar-refractivity contribution in [2.24, 2.45) is 0 Å². The number of nitrogens with one attached hydrogen (secondary N) is 1. The zero-order valence-corrected chi connectivity index (χ0v) is 17.4. The van der Waals surface area contributed by atoms with Crippen molar-refractivity contribution in [3.05, 3.63) is 71.0 Å². The van der Waals surface area contributed by atoms with Crippen LogP contribution in [-0.4, -0.2) is 31.6 Å². The zero-order chi connectivity index (χ0) is 21.3. The second-order valence-electron chi connectivity index (χ2n) is 7.67. The summed E-state index contributed by atoms with van der Waals surface area (Å²) in [5.74, 6) is 0.713. The van der Waals surface area contributed by atoms with Gasteiger partial charge in [-0.2, -0.15) is 0 Å². The number of amides is 1. The molecule has 4 aromatic rings. The Hall–Kier alpha value is -3.48. The number of aromatic nitrogens is 4. The molecule has 7 heteroatoms. The van der Waals surface area contributed by atoms with E-state index in [1.807, 2.05) is 24.3 Å². The highest BCUT2D eigenvalue weighted by atomic mass is 16.2. The minimum Gasteiger partial charge on any atom is -0.354 e. The number of carbonyl (C=O) groups is 1. The van der Waals surface area contributed by atoms with E-state index in [2.05, 4.69) is 34.8 Å². The summed E-state index contributed by atoms with van der Waals surface area (Å²) in [6.07, 6.45) is 2.04. The van der Waals surface area contributed by atoms with Crippen molar-refractivity contribution in [3.8, 4) is 0 Å². The Morgan fingerprint density at radius 3 is 2.50 bits per heavy atom. The van der Waals surface area contributed by atoms with Gasteiger partial charge < -0.3 is 9.88 Å². The van der Waals surface area contributed by atoms with Crippen LogP contribution in [0.1, 0.15) is 38.7 Å². The average Bonchev–Trinajstić information content (AvgIpc) is 3.12. The number of hydrogen-bond acceptors (Lipinski definition) is 4. The molecule has 154 valence electrons. The van der Waals surface area contributed by atoms with Gasteiger partial charge in [0.25, 0.3) is 5.56 Å². The van der Waals surface area contributed by atoms with E-state index in [4.69, 9.17) is 4.98 Å². The van der Waals surface area contributed by atoms with Gasteiger partial charge in [-0.05, 0) is 45.0 Å². The quantitative estimate of drug-likeness (QED) is 0.536. The molecule has 0 unspecified atom stereocenters. The molecule has 1 N–H and O–H groups in total. The molecule has 2 heterocycles. The second kappa shape index (κ2) is 8.10. The Morgan fingerprint density at radius 1 is 1.03 bits per heavy atom. The van der Waals surface area contributed by atoms with Gasteiger partial charge in [0, 0.05) is 19.0 Å². The van der Waals surface area contributed by atoms with Crippen molar-refractivity contribution in [1.82, 2.24) is 24.4 Å². The predicted molar refractivity (Wildman–Crippen MR) is 118 cm³/mol. The molecule has 0 fully saturated rings. The van der Waals surface area contributed by atoms with Crippen molar-refractivity contribution < 1.29 is 4.79 Å². The van der Waals surface area contributed by atoms with E-state index in [0.29, 0.717) is 23.9 Å². The van der Waals surface area contributed by atoms with E-state index in [0.717, 1.165) is 16.9 Å². The Morgan fingerprint density at radius 2 is 1.73 bits per heavy atom. The maximum absolute atomic E-state index is 12.7. The largest absolute Gasteiger partial charge is 0.354 e. The number of carbonyl (C=O) groups excluding carboxylic acids is 1. The normalized spacial score (nSPS) is 12.5. The van der Waals surface area contributed by atoms with Crippen molar-refractivity contribution in [1.29, 1.82) is 0 Å². The molecular weight excluding hydrogens is 378 g/mol. The first-order valence-corrected chi connectivity index (χ1v) is 10.2. The van der Waals surface area contributed by atoms with Crippen molar-refractivity contribution in [2.45, 2.75) is 39.3 Å². The summed E-state index contributed by atoms with van der Waals surface area (Å²) in [6.45, 7) is 6.39. The lowest BCUT2D eigenvalue weighted by Crippen LogP contribution is -2.37. The van der Waals surface area contributed by atoms with E-state index in [1.165, 1.54) is 10.9 Å². The van der Waals surface area contributed by atoms with Crippen LogP contribution in [0.15, 0.2) is 59.7 Å². The first kappa shape index (κ1) is 19.8. The van der Waals surface area contributed by atoms with Crippen molar-refractivity contribution >= 4 is 27.8 Å². The highest BCUT2D eigenvalue weighted by Gasteiger charge is 2.18. The maximum atomic E-state index is 12.7. The van der Waals surface area contributed by atoms with Gasteiger partial charge in [0.05, 0.1) is 28.3 Å². The van der Waals surface area contributed by atoms with Gasteiger partial charge in [0.1, 0.15) is 11.9 Å². The highest BCUT2D eigenvalue weighted by molar-refractivity contribution is 5.81. The van der Waals surface area contributed by atoms with Crippen molar-refractivity contribution in [3.63, 3.8) is 0 Å². The van der Waals surface area contributed by atoms with E-state index in [9.17, 15) is 9.59 Å². The lowest BCUT2D eigenvalue weighted by Gasteiger charge is -2.16. The van der Waals surface area contributed by atoms with Gasteiger partial charge in [0.2, 0.25) is 5.91 Å². The van der Waals surface area contributed by atoms with Gasteiger partial charge in [-0.3, -0.25) is 14.2 Å². The first-order chi connectivity index (χ1) is 14.5. The van der Waals surface area contributed by atoms with Crippen LogP contribution in [0.25, 0.3) is 21.9 Å². The molecule has 2 aromatic carbocycles. The van der Waals surface area contributed by atoms with Gasteiger partial charge in [0.15, 0.2) is 0 Å². The number of rotatable bonds is 6. The molecule has 4 rings (SSSR count). The van der Waals surface area contributed by atoms with Crippen LogP contribution in [0.2, 0.25) is 0 Å². The first-order valence-electron chi connectivity index (χ1n) is 10.2. The summed E-state index contributed by atoms with van der Waals surface area (Å²) >= 11 is 0. The Balaban J connectivity index is 1.48. The number of imidazole rings is 1. The lowest BCUT2D eigenvalue weighted by molar-refractivity contribution is -0.123. The second-order valence-corrected chi connectivity index (χ2v) is 7.67. The summed E-state index contributed by atoms with van der Waals surface area (Å²) in [7, 11) is 0. The van der Waals surface area contributed by atoms with E-state index < -0.39 is 6.04 Å². The molecule has 7 nitrogen and oxygen atoms in total. The molecule has 0 aliphatic carbocycles.